The molecule has 1 aromatic rings. The van der Waals surface area contributed by atoms with Crippen LogP contribution in [-0.4, -0.2) is 28.3 Å². The Morgan fingerprint density at radius 1 is 1.47 bits per heavy atom. The number of aliphatic hydroxyl groups is 1. The normalized spacial score (nSPS) is 17.1. The van der Waals surface area contributed by atoms with Crippen molar-refractivity contribution in [3.63, 3.8) is 0 Å². The highest BCUT2D eigenvalue weighted by Gasteiger charge is 2.41. The smallest absolute Gasteiger partial charge is 0.335 e. The van der Waals surface area contributed by atoms with Crippen LogP contribution in [0.5, 0.6) is 0 Å². The summed E-state index contributed by atoms with van der Waals surface area (Å²) in [5, 5.41) is 21.1. The molecule has 2 rings (SSSR count). The number of aliphatic hydroxyl groups excluding tert-OH is 1. The lowest BCUT2D eigenvalue weighted by atomic mass is 10.2. The van der Waals surface area contributed by atoms with E-state index in [1.54, 1.807) is 18.2 Å². The predicted molar refractivity (Wildman–Crippen MR) is 56.1 cm³/mol. The highest BCUT2D eigenvalue weighted by molar-refractivity contribution is 5.88. The van der Waals surface area contributed by atoms with Crippen LogP contribution in [0.25, 0.3) is 0 Å². The summed E-state index contributed by atoms with van der Waals surface area (Å²) >= 11 is 0. The van der Waals surface area contributed by atoms with Gasteiger partial charge in [-0.05, 0) is 31.0 Å². The largest absolute Gasteiger partial charge is 0.478 e. The van der Waals surface area contributed by atoms with Gasteiger partial charge in [0.25, 0.3) is 0 Å². The van der Waals surface area contributed by atoms with Gasteiger partial charge in [0, 0.05) is 5.69 Å². The minimum absolute atomic E-state index is 0.0876. The van der Waals surface area contributed by atoms with Crippen molar-refractivity contribution < 1.29 is 15.0 Å². The molecular weight excluding hydrogens is 194 g/mol. The monoisotopic (exact) mass is 207 g/mol. The van der Waals surface area contributed by atoms with Crippen molar-refractivity contribution >= 4 is 11.7 Å². The molecule has 0 bridgehead atoms. The molecule has 4 nitrogen and oxygen atoms in total. The lowest BCUT2D eigenvalue weighted by Crippen LogP contribution is -2.25. The van der Waals surface area contributed by atoms with Crippen molar-refractivity contribution in [1.29, 1.82) is 0 Å². The summed E-state index contributed by atoms with van der Waals surface area (Å²) in [7, 11) is 0. The van der Waals surface area contributed by atoms with Crippen LogP contribution in [0.2, 0.25) is 0 Å². The second-order valence-electron chi connectivity index (χ2n) is 3.95. The number of nitrogens with one attached hydrogen (secondary N) is 1. The zero-order valence-corrected chi connectivity index (χ0v) is 8.23. The molecule has 0 radical (unpaired) electrons. The van der Waals surface area contributed by atoms with E-state index in [0.29, 0.717) is 0 Å². The molecule has 0 spiro atoms. The van der Waals surface area contributed by atoms with Crippen LogP contribution in [0.1, 0.15) is 23.2 Å². The van der Waals surface area contributed by atoms with Gasteiger partial charge in [-0.15, -0.1) is 0 Å². The number of hydrogen-bond acceptors (Lipinski definition) is 3. The molecule has 0 aromatic heterocycles. The fraction of sp³-hybridized carbons (Fsp3) is 0.364. The fourth-order valence-electron chi connectivity index (χ4n) is 1.51. The van der Waals surface area contributed by atoms with Gasteiger partial charge in [-0.25, -0.2) is 4.79 Å². The Hall–Kier alpha value is -1.55. The quantitative estimate of drug-likeness (QED) is 0.696. The number of hydrogen-bond donors (Lipinski definition) is 3. The predicted octanol–water partition coefficient (Wildman–Crippen LogP) is 1.32. The minimum atomic E-state index is -0.938. The number of rotatable bonds is 4. The van der Waals surface area contributed by atoms with E-state index >= 15 is 0 Å². The average Bonchev–Trinajstić information content (AvgIpc) is 2.99. The maximum absolute atomic E-state index is 10.7. The lowest BCUT2D eigenvalue weighted by Gasteiger charge is -2.15. The molecule has 1 aromatic carbocycles. The molecule has 0 amide bonds. The second kappa shape index (κ2) is 3.55. The lowest BCUT2D eigenvalue weighted by molar-refractivity contribution is 0.0697. The molecule has 3 N–H and O–H groups in total. The highest BCUT2D eigenvalue weighted by atomic mass is 16.4. The van der Waals surface area contributed by atoms with Crippen molar-refractivity contribution in [1.82, 2.24) is 0 Å². The van der Waals surface area contributed by atoms with Crippen LogP contribution < -0.4 is 5.32 Å². The zero-order chi connectivity index (χ0) is 10.9. The van der Waals surface area contributed by atoms with Crippen molar-refractivity contribution in [2.45, 2.75) is 18.4 Å². The Balaban J connectivity index is 2.15. The molecule has 1 saturated carbocycles. The first-order valence-electron chi connectivity index (χ1n) is 4.88. The van der Waals surface area contributed by atoms with Gasteiger partial charge in [-0.3, -0.25) is 0 Å². The van der Waals surface area contributed by atoms with Gasteiger partial charge in [0.05, 0.1) is 17.7 Å². The Morgan fingerprint density at radius 3 is 2.73 bits per heavy atom. The summed E-state index contributed by atoms with van der Waals surface area (Å²) in [5.74, 6) is -0.938. The summed E-state index contributed by atoms with van der Waals surface area (Å²) < 4.78 is 0. The van der Waals surface area contributed by atoms with Gasteiger partial charge in [0.2, 0.25) is 0 Å². The average molecular weight is 207 g/mol. The van der Waals surface area contributed by atoms with Crippen molar-refractivity contribution in [3.05, 3.63) is 29.8 Å². The third-order valence-electron chi connectivity index (χ3n) is 2.68. The first kappa shape index (κ1) is 9.98. The molecule has 80 valence electrons. The Morgan fingerprint density at radius 2 is 2.20 bits per heavy atom. The van der Waals surface area contributed by atoms with Crippen LogP contribution in [0, 0.1) is 0 Å². The third-order valence-corrected chi connectivity index (χ3v) is 2.68. The van der Waals surface area contributed by atoms with Gasteiger partial charge in [-0.2, -0.15) is 0 Å². The molecule has 0 heterocycles. The summed E-state index contributed by atoms with van der Waals surface area (Å²) in [6.07, 6.45) is 1.86. The molecule has 4 heteroatoms. The van der Waals surface area contributed by atoms with Crippen molar-refractivity contribution in [2.24, 2.45) is 0 Å². The molecule has 1 aliphatic carbocycles. The van der Waals surface area contributed by atoms with Crippen molar-refractivity contribution in [3.8, 4) is 0 Å². The van der Waals surface area contributed by atoms with Crippen LogP contribution in [0.3, 0.4) is 0 Å². The number of benzene rings is 1. The summed E-state index contributed by atoms with van der Waals surface area (Å²) in [5.41, 5.74) is 0.798. The Labute approximate surface area is 87.6 Å². The highest BCUT2D eigenvalue weighted by Crippen LogP contribution is 2.38. The number of aromatic carboxylic acids is 1. The van der Waals surface area contributed by atoms with E-state index in [1.165, 1.54) is 0 Å². The standard InChI is InChI=1S/C11H13NO3/c13-7-11(4-5-11)12-9-3-1-2-8(6-9)10(14)15/h1-3,6,12-13H,4-5,7H2,(H,14,15). The minimum Gasteiger partial charge on any atom is -0.478 e. The maximum Gasteiger partial charge on any atom is 0.335 e. The third kappa shape index (κ3) is 2.10. The molecule has 15 heavy (non-hydrogen) atoms. The van der Waals surface area contributed by atoms with E-state index in [2.05, 4.69) is 5.32 Å². The van der Waals surface area contributed by atoms with Gasteiger partial charge >= 0.3 is 5.97 Å². The van der Waals surface area contributed by atoms with Gasteiger partial charge in [-0.1, -0.05) is 6.07 Å². The van der Waals surface area contributed by atoms with Crippen LogP contribution in [-0.2, 0) is 0 Å². The summed E-state index contributed by atoms with van der Waals surface area (Å²) in [6.45, 7) is 0.0876. The van der Waals surface area contributed by atoms with E-state index < -0.39 is 5.97 Å². The molecule has 1 fully saturated rings. The van der Waals surface area contributed by atoms with Crippen LogP contribution in [0.4, 0.5) is 5.69 Å². The van der Waals surface area contributed by atoms with Gasteiger partial charge < -0.3 is 15.5 Å². The van der Waals surface area contributed by atoms with E-state index in [1.807, 2.05) is 6.07 Å². The number of carboxylic acid groups (broad SMARTS) is 1. The fourth-order valence-corrected chi connectivity index (χ4v) is 1.51. The van der Waals surface area contributed by atoms with Crippen LogP contribution >= 0.6 is 0 Å². The molecule has 0 unspecified atom stereocenters. The topological polar surface area (TPSA) is 69.6 Å². The maximum atomic E-state index is 10.7. The Bertz CT molecular complexity index is 385. The molecule has 0 aliphatic heterocycles. The van der Waals surface area contributed by atoms with Gasteiger partial charge in [0.1, 0.15) is 0 Å². The van der Waals surface area contributed by atoms with Gasteiger partial charge in [0.15, 0.2) is 0 Å². The first-order valence-corrected chi connectivity index (χ1v) is 4.88. The van der Waals surface area contributed by atoms with E-state index in [4.69, 9.17) is 10.2 Å². The zero-order valence-electron chi connectivity index (χ0n) is 8.23. The van der Waals surface area contributed by atoms with E-state index in [-0.39, 0.29) is 17.7 Å². The van der Waals surface area contributed by atoms with Crippen molar-refractivity contribution in [2.75, 3.05) is 11.9 Å². The van der Waals surface area contributed by atoms with E-state index in [9.17, 15) is 4.79 Å². The second-order valence-corrected chi connectivity index (χ2v) is 3.95. The number of anilines is 1. The molecule has 0 saturated heterocycles. The SMILES string of the molecule is O=C(O)c1cccc(NC2(CO)CC2)c1. The number of carboxylic acids is 1. The summed E-state index contributed by atoms with van der Waals surface area (Å²) in [6, 6.07) is 6.63. The molecule has 0 atom stereocenters. The van der Waals surface area contributed by atoms with E-state index in [0.717, 1.165) is 18.5 Å². The molecule has 1 aliphatic rings. The molecular formula is C11H13NO3. The number of carbonyl (C=O) groups is 1. The van der Waals surface area contributed by atoms with Crippen LogP contribution in [0.15, 0.2) is 24.3 Å². The summed E-state index contributed by atoms with van der Waals surface area (Å²) in [4.78, 5) is 10.7. The first-order chi connectivity index (χ1) is 7.15. The Kier molecular flexibility index (Phi) is 2.36.